The molecular formula is C20H35NO4. The van der Waals surface area contributed by atoms with E-state index in [9.17, 15) is 9.59 Å². The van der Waals surface area contributed by atoms with E-state index in [1.54, 1.807) is 0 Å². The van der Waals surface area contributed by atoms with Crippen molar-refractivity contribution >= 4 is 12.4 Å². The van der Waals surface area contributed by atoms with E-state index in [2.05, 4.69) is 0 Å². The maximum absolute atomic E-state index is 12.2. The zero-order valence-electron chi connectivity index (χ0n) is 16.2. The third-order valence-corrected chi connectivity index (χ3v) is 5.19. The summed E-state index contributed by atoms with van der Waals surface area (Å²) < 4.78 is 11.5. The fourth-order valence-corrected chi connectivity index (χ4v) is 3.81. The maximum Gasteiger partial charge on any atom is 0.410 e. The van der Waals surface area contributed by atoms with Crippen LogP contribution in [0.5, 0.6) is 0 Å². The van der Waals surface area contributed by atoms with Crippen LogP contribution in [-0.2, 0) is 14.3 Å². The minimum absolute atomic E-state index is 0.180. The molecule has 2 aliphatic rings. The van der Waals surface area contributed by atoms with E-state index in [1.165, 1.54) is 6.42 Å². The molecule has 1 atom stereocenters. The van der Waals surface area contributed by atoms with Gasteiger partial charge in [0.25, 0.3) is 0 Å². The molecule has 0 spiro atoms. The minimum atomic E-state index is -0.430. The molecule has 25 heavy (non-hydrogen) atoms. The highest BCUT2D eigenvalue weighted by Crippen LogP contribution is 2.26. The average molecular weight is 354 g/mol. The van der Waals surface area contributed by atoms with Crippen molar-refractivity contribution < 1.29 is 19.1 Å². The van der Waals surface area contributed by atoms with E-state index in [-0.39, 0.29) is 12.0 Å². The lowest BCUT2D eigenvalue weighted by Crippen LogP contribution is -2.42. The fraction of sp³-hybridized carbons (Fsp3) is 0.900. The van der Waals surface area contributed by atoms with E-state index in [0.29, 0.717) is 12.0 Å². The SMILES string of the molecule is CC(C)(C)OC(=O)N1CCCC(CCCOC2CCC(C=O)CC2)C1. The lowest BCUT2D eigenvalue weighted by Gasteiger charge is -2.34. The van der Waals surface area contributed by atoms with Gasteiger partial charge in [-0.05, 0) is 78.1 Å². The van der Waals surface area contributed by atoms with Gasteiger partial charge in [-0.15, -0.1) is 0 Å². The van der Waals surface area contributed by atoms with Gasteiger partial charge >= 0.3 is 6.09 Å². The Balaban J connectivity index is 1.61. The Morgan fingerprint density at radius 3 is 2.52 bits per heavy atom. The van der Waals surface area contributed by atoms with E-state index in [4.69, 9.17) is 9.47 Å². The lowest BCUT2D eigenvalue weighted by atomic mass is 9.88. The molecule has 0 aromatic rings. The lowest BCUT2D eigenvalue weighted by molar-refractivity contribution is -0.112. The van der Waals surface area contributed by atoms with Crippen LogP contribution in [0.4, 0.5) is 4.79 Å². The number of nitrogens with zero attached hydrogens (tertiary/aromatic N) is 1. The fourth-order valence-electron chi connectivity index (χ4n) is 3.81. The molecule has 1 saturated heterocycles. The molecule has 5 heteroatoms. The second kappa shape index (κ2) is 9.56. The van der Waals surface area contributed by atoms with Crippen molar-refractivity contribution in [3.8, 4) is 0 Å². The molecule has 1 unspecified atom stereocenters. The third-order valence-electron chi connectivity index (χ3n) is 5.19. The van der Waals surface area contributed by atoms with Crippen molar-refractivity contribution in [2.24, 2.45) is 11.8 Å². The molecule has 1 saturated carbocycles. The number of aldehydes is 1. The van der Waals surface area contributed by atoms with Crippen LogP contribution in [0, 0.1) is 11.8 Å². The second-order valence-electron chi connectivity index (χ2n) is 8.62. The number of piperidine rings is 1. The number of ether oxygens (including phenoxy) is 2. The number of likely N-dealkylation sites (tertiary alicyclic amines) is 1. The van der Waals surface area contributed by atoms with E-state index >= 15 is 0 Å². The molecule has 144 valence electrons. The monoisotopic (exact) mass is 353 g/mol. The predicted molar refractivity (Wildman–Crippen MR) is 97.5 cm³/mol. The molecule has 1 amide bonds. The van der Waals surface area contributed by atoms with Crippen molar-refractivity contribution in [1.82, 2.24) is 4.90 Å². The molecule has 1 aliphatic carbocycles. The predicted octanol–water partition coefficient (Wildman–Crippen LogP) is 4.19. The zero-order valence-corrected chi connectivity index (χ0v) is 16.2. The van der Waals surface area contributed by atoms with Crippen molar-refractivity contribution in [2.75, 3.05) is 19.7 Å². The Labute approximate surface area is 152 Å². The molecule has 0 radical (unpaired) electrons. The largest absolute Gasteiger partial charge is 0.444 e. The Morgan fingerprint density at radius 1 is 1.16 bits per heavy atom. The van der Waals surface area contributed by atoms with Crippen molar-refractivity contribution in [1.29, 1.82) is 0 Å². The van der Waals surface area contributed by atoms with E-state index in [0.717, 1.165) is 70.9 Å². The highest BCUT2D eigenvalue weighted by atomic mass is 16.6. The van der Waals surface area contributed by atoms with Gasteiger partial charge in [0.05, 0.1) is 6.10 Å². The summed E-state index contributed by atoms with van der Waals surface area (Å²) in [6, 6.07) is 0. The van der Waals surface area contributed by atoms with Gasteiger partial charge in [-0.3, -0.25) is 0 Å². The molecule has 0 bridgehead atoms. The smallest absolute Gasteiger partial charge is 0.410 e. The first-order valence-electron chi connectivity index (χ1n) is 9.92. The number of rotatable bonds is 6. The highest BCUT2D eigenvalue weighted by molar-refractivity contribution is 5.68. The molecule has 0 aromatic heterocycles. The number of hydrogen-bond donors (Lipinski definition) is 0. The van der Waals surface area contributed by atoms with E-state index < -0.39 is 5.60 Å². The summed E-state index contributed by atoms with van der Waals surface area (Å²) in [6.07, 6.45) is 9.60. The summed E-state index contributed by atoms with van der Waals surface area (Å²) in [6.45, 7) is 8.13. The first kappa shape index (κ1) is 20.2. The van der Waals surface area contributed by atoms with Crippen molar-refractivity contribution in [2.45, 2.75) is 83.8 Å². The Hall–Kier alpha value is -1.10. The normalized spacial score (nSPS) is 27.8. The van der Waals surface area contributed by atoms with Crippen LogP contribution >= 0.6 is 0 Å². The summed E-state index contributed by atoms with van der Waals surface area (Å²) >= 11 is 0. The summed E-state index contributed by atoms with van der Waals surface area (Å²) in [5, 5.41) is 0. The van der Waals surface area contributed by atoms with Crippen LogP contribution in [0.2, 0.25) is 0 Å². The summed E-state index contributed by atoms with van der Waals surface area (Å²) in [4.78, 5) is 24.8. The quantitative estimate of drug-likeness (QED) is 0.531. The van der Waals surface area contributed by atoms with Crippen LogP contribution in [0.25, 0.3) is 0 Å². The van der Waals surface area contributed by atoms with E-state index in [1.807, 2.05) is 25.7 Å². The van der Waals surface area contributed by atoms with Crippen molar-refractivity contribution in [3.05, 3.63) is 0 Å². The number of carbonyl (C=O) groups is 2. The molecule has 5 nitrogen and oxygen atoms in total. The second-order valence-corrected chi connectivity index (χ2v) is 8.62. The molecule has 2 fully saturated rings. The van der Waals surface area contributed by atoms with Gasteiger partial charge in [0, 0.05) is 25.6 Å². The van der Waals surface area contributed by atoms with Crippen LogP contribution in [0.15, 0.2) is 0 Å². The van der Waals surface area contributed by atoms with Gasteiger partial charge in [-0.1, -0.05) is 0 Å². The highest BCUT2D eigenvalue weighted by Gasteiger charge is 2.27. The summed E-state index contributed by atoms with van der Waals surface area (Å²) in [5.41, 5.74) is -0.430. The van der Waals surface area contributed by atoms with Crippen LogP contribution in [-0.4, -0.2) is 48.7 Å². The maximum atomic E-state index is 12.2. The zero-order chi connectivity index (χ0) is 18.3. The first-order valence-corrected chi connectivity index (χ1v) is 9.92. The summed E-state index contributed by atoms with van der Waals surface area (Å²) in [5.74, 6) is 0.802. The van der Waals surface area contributed by atoms with Gasteiger partial charge in [0.2, 0.25) is 0 Å². The molecule has 2 rings (SSSR count). The Kier molecular flexibility index (Phi) is 7.73. The molecule has 0 aromatic carbocycles. The van der Waals surface area contributed by atoms with Gasteiger partial charge in [0.15, 0.2) is 0 Å². The number of amides is 1. The molecule has 1 aliphatic heterocycles. The Bertz CT molecular complexity index is 424. The minimum Gasteiger partial charge on any atom is -0.444 e. The third kappa shape index (κ3) is 7.35. The van der Waals surface area contributed by atoms with Gasteiger partial charge in [0.1, 0.15) is 11.9 Å². The van der Waals surface area contributed by atoms with Gasteiger partial charge < -0.3 is 19.2 Å². The number of hydrogen-bond acceptors (Lipinski definition) is 4. The summed E-state index contributed by atoms with van der Waals surface area (Å²) in [7, 11) is 0. The van der Waals surface area contributed by atoms with Crippen molar-refractivity contribution in [3.63, 3.8) is 0 Å². The molecule has 0 N–H and O–H groups in total. The molecular weight excluding hydrogens is 318 g/mol. The Morgan fingerprint density at radius 2 is 1.88 bits per heavy atom. The van der Waals surface area contributed by atoms with Gasteiger partial charge in [-0.2, -0.15) is 0 Å². The van der Waals surface area contributed by atoms with Crippen LogP contribution < -0.4 is 0 Å². The standard InChI is InChI=1S/C20H35NO4/c1-20(2,3)25-19(23)21-12-4-6-16(14-21)7-5-13-24-18-10-8-17(15-22)9-11-18/h15-18H,4-14H2,1-3H3. The van der Waals surface area contributed by atoms with Crippen LogP contribution in [0.1, 0.15) is 72.1 Å². The molecule has 1 heterocycles. The van der Waals surface area contributed by atoms with Crippen LogP contribution in [0.3, 0.4) is 0 Å². The average Bonchev–Trinajstić information content (AvgIpc) is 2.58. The topological polar surface area (TPSA) is 55.8 Å². The van der Waals surface area contributed by atoms with Gasteiger partial charge in [-0.25, -0.2) is 4.79 Å². The first-order chi connectivity index (χ1) is 11.9. The number of carbonyl (C=O) groups excluding carboxylic acids is 2.